The van der Waals surface area contributed by atoms with E-state index in [1.807, 2.05) is 0 Å². The van der Waals surface area contributed by atoms with Crippen LogP contribution in [0.25, 0.3) is 0 Å². The highest BCUT2D eigenvalue weighted by molar-refractivity contribution is 5.82. The van der Waals surface area contributed by atoms with Crippen molar-refractivity contribution in [2.24, 2.45) is 11.8 Å². The molecule has 0 unspecified atom stereocenters. The fourth-order valence-electron chi connectivity index (χ4n) is 2.44. The Bertz CT molecular complexity index is 245. The van der Waals surface area contributed by atoms with Crippen LogP contribution in [0.3, 0.4) is 0 Å². The second-order valence-electron chi connectivity index (χ2n) is 6.69. The second kappa shape index (κ2) is 8.57. The second-order valence-corrected chi connectivity index (χ2v) is 6.69. The Balaban J connectivity index is 2.51. The number of amides is 1. The number of nitrogens with zero attached hydrogens (tertiary/aromatic N) is 1. The monoisotopic (exact) mass is 268 g/mol. The Morgan fingerprint density at radius 3 is 2.11 bits per heavy atom. The van der Waals surface area contributed by atoms with Gasteiger partial charge in [0.25, 0.3) is 0 Å². The van der Waals surface area contributed by atoms with Crippen molar-refractivity contribution in [2.45, 2.75) is 65.8 Å². The zero-order chi connectivity index (χ0) is 14.3. The van der Waals surface area contributed by atoms with E-state index in [2.05, 4.69) is 37.9 Å². The van der Waals surface area contributed by atoms with E-state index in [-0.39, 0.29) is 6.04 Å². The van der Waals surface area contributed by atoms with E-state index in [0.29, 0.717) is 17.7 Å². The van der Waals surface area contributed by atoms with Crippen LogP contribution in [0.1, 0.15) is 59.8 Å². The fourth-order valence-corrected chi connectivity index (χ4v) is 2.44. The first kappa shape index (κ1) is 16.5. The number of nitrogens with one attached hydrogen (secondary N) is 1. The lowest BCUT2D eigenvalue weighted by atomic mass is 10.0. The van der Waals surface area contributed by atoms with E-state index in [1.54, 1.807) is 0 Å². The van der Waals surface area contributed by atoms with E-state index < -0.39 is 0 Å². The maximum Gasteiger partial charge on any atom is 0.239 e. The molecule has 0 saturated carbocycles. The van der Waals surface area contributed by atoms with Gasteiger partial charge in [0.1, 0.15) is 0 Å². The minimum Gasteiger partial charge on any atom is -0.341 e. The van der Waals surface area contributed by atoms with E-state index in [9.17, 15) is 4.79 Å². The minimum absolute atomic E-state index is 0.0769. The van der Waals surface area contributed by atoms with Gasteiger partial charge in [-0.1, -0.05) is 34.1 Å². The molecular formula is C16H32N2O. The van der Waals surface area contributed by atoms with Crippen molar-refractivity contribution >= 4 is 5.91 Å². The lowest BCUT2D eigenvalue weighted by Gasteiger charge is -2.31. The molecule has 1 N–H and O–H groups in total. The van der Waals surface area contributed by atoms with Crippen LogP contribution in [0, 0.1) is 11.8 Å². The third-order valence-electron chi connectivity index (χ3n) is 3.87. The van der Waals surface area contributed by atoms with Crippen molar-refractivity contribution in [1.29, 1.82) is 0 Å². The molecule has 1 aliphatic heterocycles. The van der Waals surface area contributed by atoms with Crippen molar-refractivity contribution in [3.05, 3.63) is 0 Å². The van der Waals surface area contributed by atoms with E-state index in [1.165, 1.54) is 12.8 Å². The molecule has 0 aromatic heterocycles. The van der Waals surface area contributed by atoms with Crippen LogP contribution in [-0.4, -0.2) is 36.5 Å². The number of hydrogen-bond acceptors (Lipinski definition) is 2. The molecule has 3 heteroatoms. The predicted octanol–water partition coefficient (Wildman–Crippen LogP) is 3.05. The Kier molecular flexibility index (Phi) is 7.44. The molecule has 0 aromatic carbocycles. The third kappa shape index (κ3) is 6.42. The van der Waals surface area contributed by atoms with Crippen LogP contribution in [0.15, 0.2) is 0 Å². The topological polar surface area (TPSA) is 32.3 Å². The summed E-state index contributed by atoms with van der Waals surface area (Å²) in [6, 6.07) is 0.0769. The van der Waals surface area contributed by atoms with Crippen molar-refractivity contribution < 1.29 is 4.79 Å². The largest absolute Gasteiger partial charge is 0.341 e. The lowest BCUT2D eigenvalue weighted by molar-refractivity contribution is -0.134. The van der Waals surface area contributed by atoms with E-state index in [0.717, 1.165) is 38.9 Å². The lowest BCUT2D eigenvalue weighted by Crippen LogP contribution is -2.49. The highest BCUT2D eigenvalue weighted by Gasteiger charge is 2.25. The van der Waals surface area contributed by atoms with Crippen molar-refractivity contribution in [2.75, 3.05) is 19.6 Å². The van der Waals surface area contributed by atoms with Gasteiger partial charge < -0.3 is 10.2 Å². The fraction of sp³-hybridized carbons (Fsp3) is 0.938. The molecule has 112 valence electrons. The predicted molar refractivity (Wildman–Crippen MR) is 81.1 cm³/mol. The molecule has 1 heterocycles. The van der Waals surface area contributed by atoms with Gasteiger partial charge in [0.2, 0.25) is 5.91 Å². The van der Waals surface area contributed by atoms with Crippen LogP contribution in [-0.2, 0) is 4.79 Å². The first-order chi connectivity index (χ1) is 9.00. The summed E-state index contributed by atoms with van der Waals surface area (Å²) in [4.78, 5) is 14.7. The number of carbonyl (C=O) groups is 1. The highest BCUT2D eigenvalue weighted by Crippen LogP contribution is 2.13. The Morgan fingerprint density at radius 1 is 1.11 bits per heavy atom. The summed E-state index contributed by atoms with van der Waals surface area (Å²) in [6.45, 7) is 11.7. The van der Waals surface area contributed by atoms with Crippen molar-refractivity contribution in [1.82, 2.24) is 10.2 Å². The van der Waals surface area contributed by atoms with Gasteiger partial charge in [0, 0.05) is 13.1 Å². The normalized spacial score (nSPS) is 20.0. The highest BCUT2D eigenvalue weighted by atomic mass is 16.2. The Labute approximate surface area is 119 Å². The van der Waals surface area contributed by atoms with Crippen LogP contribution in [0.5, 0.6) is 0 Å². The van der Waals surface area contributed by atoms with Gasteiger partial charge in [-0.25, -0.2) is 0 Å². The molecule has 0 radical (unpaired) electrons. The average Bonchev–Trinajstić information content (AvgIpc) is 2.38. The maximum absolute atomic E-state index is 12.6. The van der Waals surface area contributed by atoms with Crippen LogP contribution >= 0.6 is 0 Å². The number of carbonyl (C=O) groups excluding carboxylic acids is 1. The Hall–Kier alpha value is -0.570. The quantitative estimate of drug-likeness (QED) is 0.769. The van der Waals surface area contributed by atoms with Crippen LogP contribution in [0.2, 0.25) is 0 Å². The summed E-state index contributed by atoms with van der Waals surface area (Å²) < 4.78 is 0. The molecule has 1 saturated heterocycles. The summed E-state index contributed by atoms with van der Waals surface area (Å²) >= 11 is 0. The van der Waals surface area contributed by atoms with Gasteiger partial charge in [-0.05, 0) is 44.1 Å². The van der Waals surface area contributed by atoms with Crippen LogP contribution in [0.4, 0.5) is 0 Å². The zero-order valence-electron chi connectivity index (χ0n) is 13.2. The zero-order valence-corrected chi connectivity index (χ0v) is 13.2. The standard InChI is InChI=1S/C16H32N2O/c1-13(2)8-11-18(12-9-14(3)4)16(19)15-7-5-6-10-17-15/h13-15,17H,5-12H2,1-4H3/t15-/m0/s1. The molecule has 1 aliphatic rings. The molecular weight excluding hydrogens is 236 g/mol. The number of piperidine rings is 1. The molecule has 0 aromatic rings. The summed E-state index contributed by atoms with van der Waals surface area (Å²) in [6.07, 6.45) is 5.62. The molecule has 0 bridgehead atoms. The molecule has 3 nitrogen and oxygen atoms in total. The number of rotatable bonds is 7. The van der Waals surface area contributed by atoms with Gasteiger partial charge in [-0.3, -0.25) is 4.79 Å². The van der Waals surface area contributed by atoms with Gasteiger partial charge >= 0.3 is 0 Å². The van der Waals surface area contributed by atoms with E-state index in [4.69, 9.17) is 0 Å². The van der Waals surface area contributed by atoms with Gasteiger partial charge in [0.15, 0.2) is 0 Å². The molecule has 1 fully saturated rings. The summed E-state index contributed by atoms with van der Waals surface area (Å²) in [5, 5.41) is 3.38. The van der Waals surface area contributed by atoms with Gasteiger partial charge in [-0.2, -0.15) is 0 Å². The SMILES string of the molecule is CC(C)CCN(CCC(C)C)C(=O)[C@@H]1CCCCN1. The maximum atomic E-state index is 12.6. The molecule has 1 rings (SSSR count). The third-order valence-corrected chi connectivity index (χ3v) is 3.87. The van der Waals surface area contributed by atoms with Crippen molar-refractivity contribution in [3.8, 4) is 0 Å². The summed E-state index contributed by atoms with van der Waals surface area (Å²) in [5.41, 5.74) is 0. The molecule has 1 amide bonds. The summed E-state index contributed by atoms with van der Waals surface area (Å²) in [5.74, 6) is 1.66. The average molecular weight is 268 g/mol. The Morgan fingerprint density at radius 2 is 1.68 bits per heavy atom. The van der Waals surface area contributed by atoms with Crippen molar-refractivity contribution in [3.63, 3.8) is 0 Å². The van der Waals surface area contributed by atoms with E-state index >= 15 is 0 Å². The number of hydrogen-bond donors (Lipinski definition) is 1. The summed E-state index contributed by atoms with van der Waals surface area (Å²) in [7, 11) is 0. The first-order valence-corrected chi connectivity index (χ1v) is 8.03. The van der Waals surface area contributed by atoms with Crippen LogP contribution < -0.4 is 5.32 Å². The first-order valence-electron chi connectivity index (χ1n) is 8.03. The van der Waals surface area contributed by atoms with Gasteiger partial charge in [-0.15, -0.1) is 0 Å². The van der Waals surface area contributed by atoms with Gasteiger partial charge in [0.05, 0.1) is 6.04 Å². The smallest absolute Gasteiger partial charge is 0.239 e. The molecule has 0 spiro atoms. The molecule has 0 aliphatic carbocycles. The molecule has 19 heavy (non-hydrogen) atoms. The minimum atomic E-state index is 0.0769. The molecule has 1 atom stereocenters.